The lowest BCUT2D eigenvalue weighted by Gasteiger charge is -2.09. The molecule has 0 saturated carbocycles. The van der Waals surface area contributed by atoms with Gasteiger partial charge in [-0.15, -0.1) is 0 Å². The van der Waals surface area contributed by atoms with Crippen LogP contribution in [0.5, 0.6) is 5.75 Å². The van der Waals surface area contributed by atoms with Crippen LogP contribution >= 0.6 is 0 Å². The second kappa shape index (κ2) is 10.4. The molecule has 0 radical (unpaired) electrons. The Hall–Kier alpha value is -4.37. The van der Waals surface area contributed by atoms with Crippen LogP contribution in [-0.4, -0.2) is 18.4 Å². The molecule has 0 aliphatic rings. The second-order valence-corrected chi connectivity index (χ2v) is 6.77. The average molecular weight is 411 g/mol. The summed E-state index contributed by atoms with van der Waals surface area (Å²) in [4.78, 5) is 24.5. The molecular weight excluding hydrogens is 390 g/mol. The third kappa shape index (κ3) is 6.58. The van der Waals surface area contributed by atoms with Gasteiger partial charge in [0.25, 0.3) is 11.8 Å². The van der Waals surface area contributed by atoms with Crippen molar-refractivity contribution in [1.29, 1.82) is 5.26 Å². The predicted molar refractivity (Wildman–Crippen MR) is 120 cm³/mol. The maximum atomic E-state index is 12.4. The fourth-order valence-corrected chi connectivity index (χ4v) is 2.80. The number of para-hydroxylation sites is 1. The van der Waals surface area contributed by atoms with Gasteiger partial charge in [0.1, 0.15) is 17.4 Å². The van der Waals surface area contributed by atoms with E-state index in [4.69, 9.17) is 4.74 Å². The number of amides is 2. The third-order valence-electron chi connectivity index (χ3n) is 4.24. The van der Waals surface area contributed by atoms with Gasteiger partial charge in [0, 0.05) is 11.4 Å². The highest BCUT2D eigenvalue weighted by Gasteiger charge is 2.10. The maximum Gasteiger partial charge on any atom is 0.266 e. The average Bonchev–Trinajstić information content (AvgIpc) is 2.77. The molecule has 154 valence electrons. The number of ether oxygens (including phenoxy) is 1. The van der Waals surface area contributed by atoms with Gasteiger partial charge in [0.05, 0.1) is 0 Å². The van der Waals surface area contributed by atoms with Crippen molar-refractivity contribution < 1.29 is 14.3 Å². The van der Waals surface area contributed by atoms with Gasteiger partial charge in [-0.3, -0.25) is 9.59 Å². The zero-order chi connectivity index (χ0) is 22.1. The molecule has 3 aromatic carbocycles. The molecule has 2 N–H and O–H groups in total. The number of aryl methyl sites for hydroxylation is 1. The molecule has 3 aromatic rings. The normalized spacial score (nSPS) is 10.6. The van der Waals surface area contributed by atoms with E-state index in [1.807, 2.05) is 37.3 Å². The Balaban J connectivity index is 1.62. The molecule has 0 unspecified atom stereocenters. The molecule has 0 heterocycles. The first kappa shape index (κ1) is 21.3. The summed E-state index contributed by atoms with van der Waals surface area (Å²) in [6.07, 6.45) is 1.47. The number of hydrogen-bond acceptors (Lipinski definition) is 4. The summed E-state index contributed by atoms with van der Waals surface area (Å²) < 4.78 is 5.56. The van der Waals surface area contributed by atoms with Gasteiger partial charge >= 0.3 is 0 Å². The fraction of sp³-hybridized carbons (Fsp3) is 0.0800. The molecule has 6 nitrogen and oxygen atoms in total. The molecular formula is C25H21N3O3. The predicted octanol–water partition coefficient (Wildman–Crippen LogP) is 4.56. The molecule has 0 bridgehead atoms. The van der Waals surface area contributed by atoms with Crippen molar-refractivity contribution in [2.75, 3.05) is 17.2 Å². The summed E-state index contributed by atoms with van der Waals surface area (Å²) in [6, 6.07) is 25.1. The standard InChI is InChI=1S/C25H21N3O3/c1-18-7-5-11-22(13-18)27-24(29)17-31-23-12-6-8-19(15-23)14-20(16-26)25(30)28-21-9-3-2-4-10-21/h2-15H,17H2,1H3,(H,27,29)(H,28,30)/b20-14+. The van der Waals surface area contributed by atoms with Gasteiger partial charge in [-0.25, -0.2) is 0 Å². The summed E-state index contributed by atoms with van der Waals surface area (Å²) in [5, 5.41) is 14.8. The highest BCUT2D eigenvalue weighted by Crippen LogP contribution is 2.17. The molecule has 0 aliphatic heterocycles. The number of nitriles is 1. The zero-order valence-electron chi connectivity index (χ0n) is 17.0. The highest BCUT2D eigenvalue weighted by molar-refractivity contribution is 6.09. The van der Waals surface area contributed by atoms with Crippen LogP contribution in [0, 0.1) is 18.3 Å². The summed E-state index contributed by atoms with van der Waals surface area (Å²) in [7, 11) is 0. The molecule has 3 rings (SSSR count). The summed E-state index contributed by atoms with van der Waals surface area (Å²) >= 11 is 0. The first-order chi connectivity index (χ1) is 15.0. The minimum atomic E-state index is -0.502. The van der Waals surface area contributed by atoms with E-state index in [0.29, 0.717) is 22.7 Å². The Kier molecular flexibility index (Phi) is 7.17. The van der Waals surface area contributed by atoms with Gasteiger partial charge in [-0.2, -0.15) is 5.26 Å². The molecule has 0 aromatic heterocycles. The number of carbonyl (C=O) groups excluding carboxylic acids is 2. The van der Waals surface area contributed by atoms with E-state index in [2.05, 4.69) is 10.6 Å². The lowest BCUT2D eigenvalue weighted by atomic mass is 10.1. The molecule has 0 atom stereocenters. The Morgan fingerprint density at radius 1 is 0.935 bits per heavy atom. The Bertz CT molecular complexity index is 1150. The summed E-state index contributed by atoms with van der Waals surface area (Å²) in [5.41, 5.74) is 2.91. The number of hydrogen-bond donors (Lipinski definition) is 2. The Morgan fingerprint density at radius 3 is 2.42 bits per heavy atom. The SMILES string of the molecule is Cc1cccc(NC(=O)COc2cccc(/C=C(\C#N)C(=O)Nc3ccccc3)c2)c1. The van der Waals surface area contributed by atoms with Gasteiger partial charge in [0.15, 0.2) is 6.61 Å². The molecule has 2 amide bonds. The summed E-state index contributed by atoms with van der Waals surface area (Å²) in [6.45, 7) is 1.78. The number of benzene rings is 3. The van der Waals surface area contributed by atoms with Crippen LogP contribution < -0.4 is 15.4 Å². The molecule has 0 saturated heterocycles. The van der Waals surface area contributed by atoms with Crippen molar-refractivity contribution in [3.63, 3.8) is 0 Å². The quantitative estimate of drug-likeness (QED) is 0.440. The first-order valence-corrected chi connectivity index (χ1v) is 9.61. The number of nitrogens with zero attached hydrogens (tertiary/aromatic N) is 1. The number of nitrogens with one attached hydrogen (secondary N) is 2. The number of anilines is 2. The van der Waals surface area contributed by atoms with Gasteiger partial charge in [-0.1, -0.05) is 42.5 Å². The topological polar surface area (TPSA) is 91.2 Å². The van der Waals surface area contributed by atoms with E-state index >= 15 is 0 Å². The summed E-state index contributed by atoms with van der Waals surface area (Å²) in [5.74, 6) is -0.335. The van der Waals surface area contributed by atoms with E-state index in [-0.39, 0.29) is 18.1 Å². The van der Waals surface area contributed by atoms with Gasteiger partial charge < -0.3 is 15.4 Å². The zero-order valence-corrected chi connectivity index (χ0v) is 17.0. The van der Waals surface area contributed by atoms with Crippen LogP contribution in [0.3, 0.4) is 0 Å². The van der Waals surface area contributed by atoms with E-state index < -0.39 is 5.91 Å². The molecule has 0 fully saturated rings. The molecule has 31 heavy (non-hydrogen) atoms. The third-order valence-corrected chi connectivity index (χ3v) is 4.24. The van der Waals surface area contributed by atoms with Crippen molar-refractivity contribution in [3.8, 4) is 11.8 Å². The molecule has 6 heteroatoms. The van der Waals surface area contributed by atoms with Crippen LogP contribution in [0.25, 0.3) is 6.08 Å². The van der Waals surface area contributed by atoms with E-state index in [1.54, 1.807) is 54.6 Å². The van der Waals surface area contributed by atoms with Crippen LogP contribution in [-0.2, 0) is 9.59 Å². The van der Waals surface area contributed by atoms with E-state index in [0.717, 1.165) is 5.56 Å². The minimum Gasteiger partial charge on any atom is -0.484 e. The van der Waals surface area contributed by atoms with Crippen LogP contribution in [0.2, 0.25) is 0 Å². The molecule has 0 aliphatic carbocycles. The maximum absolute atomic E-state index is 12.4. The fourth-order valence-electron chi connectivity index (χ4n) is 2.80. The van der Waals surface area contributed by atoms with Crippen molar-refractivity contribution in [3.05, 3.63) is 95.6 Å². The van der Waals surface area contributed by atoms with E-state index in [9.17, 15) is 14.9 Å². The minimum absolute atomic E-state index is 0.0433. The second-order valence-electron chi connectivity index (χ2n) is 6.77. The van der Waals surface area contributed by atoms with Crippen molar-refractivity contribution >= 4 is 29.3 Å². The number of rotatable bonds is 7. The smallest absolute Gasteiger partial charge is 0.266 e. The Morgan fingerprint density at radius 2 is 1.68 bits per heavy atom. The van der Waals surface area contributed by atoms with Crippen molar-refractivity contribution in [2.24, 2.45) is 0 Å². The molecule has 0 spiro atoms. The van der Waals surface area contributed by atoms with Crippen LogP contribution in [0.1, 0.15) is 11.1 Å². The largest absolute Gasteiger partial charge is 0.484 e. The van der Waals surface area contributed by atoms with Gasteiger partial charge in [0.2, 0.25) is 0 Å². The van der Waals surface area contributed by atoms with Crippen molar-refractivity contribution in [1.82, 2.24) is 0 Å². The van der Waals surface area contributed by atoms with Crippen LogP contribution in [0.15, 0.2) is 84.4 Å². The Labute approximate surface area is 180 Å². The van der Waals surface area contributed by atoms with Gasteiger partial charge in [-0.05, 0) is 60.5 Å². The first-order valence-electron chi connectivity index (χ1n) is 9.61. The van der Waals surface area contributed by atoms with Crippen molar-refractivity contribution in [2.45, 2.75) is 6.92 Å². The highest BCUT2D eigenvalue weighted by atomic mass is 16.5. The van der Waals surface area contributed by atoms with E-state index in [1.165, 1.54) is 6.08 Å². The lowest BCUT2D eigenvalue weighted by Crippen LogP contribution is -2.20. The lowest BCUT2D eigenvalue weighted by molar-refractivity contribution is -0.118. The monoisotopic (exact) mass is 411 g/mol. The van der Waals surface area contributed by atoms with Crippen LogP contribution in [0.4, 0.5) is 11.4 Å². The number of carbonyl (C=O) groups is 2.